The normalized spacial score (nSPS) is 15.3. The Labute approximate surface area is 156 Å². The summed E-state index contributed by atoms with van der Waals surface area (Å²) < 4.78 is 0. The molecule has 1 aliphatic rings. The van der Waals surface area contributed by atoms with Crippen molar-refractivity contribution in [3.63, 3.8) is 0 Å². The van der Waals surface area contributed by atoms with E-state index in [0.717, 1.165) is 24.6 Å². The molecule has 26 heavy (non-hydrogen) atoms. The number of carbonyl (C=O) groups excluding carboxylic acids is 2. The molecule has 0 aromatic heterocycles. The van der Waals surface area contributed by atoms with Crippen LogP contribution in [0.2, 0.25) is 0 Å². The van der Waals surface area contributed by atoms with Gasteiger partial charge in [0.1, 0.15) is 0 Å². The number of hydrogen-bond donors (Lipinski definition) is 2. The number of amides is 2. The first kappa shape index (κ1) is 20.2. The molecule has 5 heteroatoms. The minimum atomic E-state index is -0.114. The van der Waals surface area contributed by atoms with Gasteiger partial charge in [0.2, 0.25) is 5.91 Å². The zero-order valence-corrected chi connectivity index (χ0v) is 16.0. The Balaban J connectivity index is 1.66. The third-order valence-electron chi connectivity index (χ3n) is 5.01. The Hall–Kier alpha value is -2.14. The van der Waals surface area contributed by atoms with Gasteiger partial charge in [-0.1, -0.05) is 31.4 Å². The highest BCUT2D eigenvalue weighted by molar-refractivity contribution is 5.94. The molecule has 1 aromatic carbocycles. The predicted octanol–water partition coefficient (Wildman–Crippen LogP) is 2.83. The summed E-state index contributed by atoms with van der Waals surface area (Å²) in [5.74, 6) is -0.197. The zero-order chi connectivity index (χ0) is 18.8. The molecule has 0 aliphatic heterocycles. The van der Waals surface area contributed by atoms with Gasteiger partial charge in [-0.25, -0.2) is 0 Å². The molecule has 1 aliphatic carbocycles. The number of benzene rings is 1. The van der Waals surface area contributed by atoms with E-state index < -0.39 is 0 Å². The van der Waals surface area contributed by atoms with Crippen LogP contribution in [-0.2, 0) is 4.79 Å². The molecule has 1 saturated carbocycles. The molecule has 0 saturated heterocycles. The van der Waals surface area contributed by atoms with Gasteiger partial charge in [-0.05, 0) is 56.6 Å². The predicted molar refractivity (Wildman–Crippen MR) is 106 cm³/mol. The highest BCUT2D eigenvalue weighted by Gasteiger charge is 2.17. The summed E-state index contributed by atoms with van der Waals surface area (Å²) in [6, 6.07) is 7.87. The van der Waals surface area contributed by atoms with Gasteiger partial charge < -0.3 is 15.5 Å². The van der Waals surface area contributed by atoms with Crippen LogP contribution < -0.4 is 10.6 Å². The fraction of sp³-hybridized carbons (Fsp3) is 0.524. The molecular weight excluding hydrogens is 326 g/mol. The minimum Gasteiger partial charge on any atom is -0.355 e. The third kappa shape index (κ3) is 6.64. The number of hydrogen-bond acceptors (Lipinski definition) is 3. The Morgan fingerprint density at radius 3 is 2.50 bits per heavy atom. The summed E-state index contributed by atoms with van der Waals surface area (Å²) in [7, 11) is 3.80. The van der Waals surface area contributed by atoms with Crippen molar-refractivity contribution in [1.82, 2.24) is 15.5 Å². The van der Waals surface area contributed by atoms with Crippen molar-refractivity contribution in [1.29, 1.82) is 0 Å². The second kappa shape index (κ2) is 10.8. The lowest BCUT2D eigenvalue weighted by molar-refractivity contribution is -0.116. The molecule has 0 radical (unpaired) electrons. The van der Waals surface area contributed by atoms with E-state index in [4.69, 9.17) is 0 Å². The molecule has 1 aromatic rings. The lowest BCUT2D eigenvalue weighted by atomic mass is 9.94. The molecule has 0 heterocycles. The van der Waals surface area contributed by atoms with Crippen LogP contribution in [0.1, 0.15) is 54.4 Å². The summed E-state index contributed by atoms with van der Waals surface area (Å²) in [4.78, 5) is 25.8. The molecule has 0 bridgehead atoms. The topological polar surface area (TPSA) is 61.4 Å². The van der Waals surface area contributed by atoms with Crippen molar-refractivity contribution in [3.8, 4) is 0 Å². The van der Waals surface area contributed by atoms with Crippen molar-refractivity contribution in [3.05, 3.63) is 41.5 Å². The lowest BCUT2D eigenvalue weighted by Crippen LogP contribution is -2.35. The Morgan fingerprint density at radius 1 is 1.15 bits per heavy atom. The SMILES string of the molecule is CNC(=O)c1ccc(/C=C/C(=O)NCCCN(C)C2CCCCC2)cc1. The molecule has 2 rings (SSSR count). The number of rotatable bonds is 8. The fourth-order valence-electron chi connectivity index (χ4n) is 3.37. The van der Waals surface area contributed by atoms with Gasteiger partial charge >= 0.3 is 0 Å². The third-order valence-corrected chi connectivity index (χ3v) is 5.01. The maximum Gasteiger partial charge on any atom is 0.251 e. The van der Waals surface area contributed by atoms with Crippen LogP contribution in [0.5, 0.6) is 0 Å². The van der Waals surface area contributed by atoms with E-state index in [1.54, 1.807) is 31.3 Å². The first-order valence-electron chi connectivity index (χ1n) is 9.58. The summed E-state index contributed by atoms with van der Waals surface area (Å²) in [6.45, 7) is 1.71. The fourth-order valence-corrected chi connectivity index (χ4v) is 3.37. The summed E-state index contributed by atoms with van der Waals surface area (Å²) in [5.41, 5.74) is 1.50. The van der Waals surface area contributed by atoms with Crippen LogP contribution in [-0.4, -0.2) is 49.9 Å². The van der Waals surface area contributed by atoms with Crippen molar-refractivity contribution in [2.75, 3.05) is 27.2 Å². The molecular formula is C21H31N3O2. The first-order chi connectivity index (χ1) is 12.6. The molecule has 2 amide bonds. The zero-order valence-electron chi connectivity index (χ0n) is 16.0. The second-order valence-electron chi connectivity index (χ2n) is 6.95. The van der Waals surface area contributed by atoms with E-state index >= 15 is 0 Å². The van der Waals surface area contributed by atoms with Crippen LogP contribution in [0, 0.1) is 0 Å². The van der Waals surface area contributed by atoms with Crippen molar-refractivity contribution in [2.45, 2.75) is 44.6 Å². The Bertz CT molecular complexity index is 604. The van der Waals surface area contributed by atoms with Gasteiger partial charge in [0.05, 0.1) is 0 Å². The second-order valence-corrected chi connectivity index (χ2v) is 6.95. The Kier molecular flexibility index (Phi) is 8.35. The van der Waals surface area contributed by atoms with Crippen molar-refractivity contribution < 1.29 is 9.59 Å². The van der Waals surface area contributed by atoms with Gasteiger partial charge in [-0.15, -0.1) is 0 Å². The van der Waals surface area contributed by atoms with Crippen LogP contribution in [0.3, 0.4) is 0 Å². The average Bonchev–Trinajstić information content (AvgIpc) is 2.70. The molecule has 5 nitrogen and oxygen atoms in total. The van der Waals surface area contributed by atoms with Crippen molar-refractivity contribution >= 4 is 17.9 Å². The van der Waals surface area contributed by atoms with Gasteiger partial charge in [0, 0.05) is 31.3 Å². The van der Waals surface area contributed by atoms with Gasteiger partial charge in [-0.3, -0.25) is 9.59 Å². The Morgan fingerprint density at radius 2 is 1.85 bits per heavy atom. The van der Waals surface area contributed by atoms with Crippen molar-refractivity contribution in [2.24, 2.45) is 0 Å². The van der Waals surface area contributed by atoms with Gasteiger partial charge in [0.15, 0.2) is 0 Å². The minimum absolute atomic E-state index is 0.0827. The number of carbonyl (C=O) groups is 2. The summed E-state index contributed by atoms with van der Waals surface area (Å²) in [6.07, 6.45) is 11.0. The van der Waals surface area contributed by atoms with E-state index in [1.165, 1.54) is 32.1 Å². The average molecular weight is 357 g/mol. The highest BCUT2D eigenvalue weighted by Crippen LogP contribution is 2.21. The van der Waals surface area contributed by atoms with Crippen LogP contribution >= 0.6 is 0 Å². The van der Waals surface area contributed by atoms with E-state index in [-0.39, 0.29) is 11.8 Å². The van der Waals surface area contributed by atoms with E-state index in [0.29, 0.717) is 12.1 Å². The van der Waals surface area contributed by atoms with Gasteiger partial charge in [0.25, 0.3) is 5.91 Å². The largest absolute Gasteiger partial charge is 0.355 e. The van der Waals surface area contributed by atoms with Gasteiger partial charge in [-0.2, -0.15) is 0 Å². The van der Waals surface area contributed by atoms with E-state index in [1.807, 2.05) is 12.1 Å². The molecule has 1 fully saturated rings. The standard InChI is InChI=1S/C21H31N3O2/c1-22-21(26)18-12-9-17(10-13-18)11-14-20(25)23-15-6-16-24(2)19-7-4-3-5-8-19/h9-14,19H,3-8,15-16H2,1-2H3,(H,22,26)(H,23,25)/b14-11+. The maximum absolute atomic E-state index is 11.9. The smallest absolute Gasteiger partial charge is 0.251 e. The summed E-state index contributed by atoms with van der Waals surface area (Å²) >= 11 is 0. The first-order valence-corrected chi connectivity index (χ1v) is 9.58. The van der Waals surface area contributed by atoms with Crippen LogP contribution in [0.15, 0.2) is 30.3 Å². The molecule has 142 valence electrons. The maximum atomic E-state index is 11.9. The quantitative estimate of drug-likeness (QED) is 0.555. The molecule has 2 N–H and O–H groups in total. The van der Waals surface area contributed by atoms with Crippen LogP contribution in [0.4, 0.5) is 0 Å². The van der Waals surface area contributed by atoms with E-state index in [2.05, 4.69) is 22.6 Å². The lowest BCUT2D eigenvalue weighted by Gasteiger charge is -2.31. The number of nitrogens with one attached hydrogen (secondary N) is 2. The molecule has 0 atom stereocenters. The molecule has 0 unspecified atom stereocenters. The monoisotopic (exact) mass is 357 g/mol. The summed E-state index contributed by atoms with van der Waals surface area (Å²) in [5, 5.41) is 5.52. The number of nitrogens with zero attached hydrogens (tertiary/aromatic N) is 1. The highest BCUT2D eigenvalue weighted by atomic mass is 16.2. The van der Waals surface area contributed by atoms with Crippen LogP contribution in [0.25, 0.3) is 6.08 Å². The van der Waals surface area contributed by atoms with E-state index in [9.17, 15) is 9.59 Å². The molecule has 0 spiro atoms.